The zero-order valence-electron chi connectivity index (χ0n) is 16.8. The van der Waals surface area contributed by atoms with Gasteiger partial charge in [0.05, 0.1) is 32.8 Å². The molecule has 1 fully saturated rings. The van der Waals surface area contributed by atoms with Crippen LogP contribution in [0.25, 0.3) is 0 Å². The van der Waals surface area contributed by atoms with E-state index in [1.54, 1.807) is 6.92 Å². The first-order valence-electron chi connectivity index (χ1n) is 10.0. The molecule has 1 aliphatic heterocycles. The van der Waals surface area contributed by atoms with Crippen LogP contribution in [0.2, 0.25) is 0 Å². The molecule has 1 aliphatic rings. The summed E-state index contributed by atoms with van der Waals surface area (Å²) < 4.78 is 6.23. The number of nitrogens with zero attached hydrogens (tertiary/aromatic N) is 1. The van der Waals surface area contributed by atoms with Crippen LogP contribution in [-0.2, 0) is 9.53 Å². The van der Waals surface area contributed by atoms with Gasteiger partial charge in [-0.1, -0.05) is 54.6 Å². The molecule has 2 atom stereocenters. The van der Waals surface area contributed by atoms with Crippen LogP contribution in [0, 0.1) is 6.92 Å². The monoisotopic (exact) mass is 383 g/mol. The normalized spacial score (nSPS) is 17.3. The second-order valence-electron chi connectivity index (χ2n) is 7.59. The number of ether oxygens (including phenoxy) is 1. The number of hydrogen-bond donors (Lipinski definition) is 2. The van der Waals surface area contributed by atoms with Gasteiger partial charge in [0, 0.05) is 6.92 Å². The van der Waals surface area contributed by atoms with Crippen molar-refractivity contribution in [1.29, 1.82) is 0 Å². The summed E-state index contributed by atoms with van der Waals surface area (Å²) >= 11 is 0. The summed E-state index contributed by atoms with van der Waals surface area (Å²) in [4.78, 5) is 14.6. The molecule has 2 N–H and O–H groups in total. The Hall–Kier alpha value is -2.21. The number of rotatable bonds is 7. The standard InChI is InChI=1S/C23H30N2O3/c1-18-8-6-7-11-22(18)23(20-9-4-3-5-10-20)28-17-21(27)16-24-12-14-25(15-13-24)19(2)26/h3-11,21,23,27H,12-17H2,1-2H3/p+1/t21-,23-/m0/s1. The number of aliphatic hydroxyl groups excluding tert-OH is 1. The van der Waals surface area contributed by atoms with Gasteiger partial charge in [-0.15, -0.1) is 0 Å². The van der Waals surface area contributed by atoms with Gasteiger partial charge in [0.2, 0.25) is 5.91 Å². The van der Waals surface area contributed by atoms with E-state index >= 15 is 0 Å². The number of quaternary nitrogens is 1. The lowest BCUT2D eigenvalue weighted by molar-refractivity contribution is -0.907. The van der Waals surface area contributed by atoms with Crippen molar-refractivity contribution in [1.82, 2.24) is 4.90 Å². The Morgan fingerprint density at radius 1 is 1.11 bits per heavy atom. The molecule has 28 heavy (non-hydrogen) atoms. The smallest absolute Gasteiger partial charge is 0.219 e. The van der Waals surface area contributed by atoms with Crippen molar-refractivity contribution in [3.05, 3.63) is 71.3 Å². The molecule has 0 saturated carbocycles. The van der Waals surface area contributed by atoms with Crippen LogP contribution >= 0.6 is 0 Å². The Morgan fingerprint density at radius 3 is 2.39 bits per heavy atom. The number of nitrogens with one attached hydrogen (secondary N) is 1. The van der Waals surface area contributed by atoms with Crippen molar-refractivity contribution >= 4 is 5.91 Å². The molecule has 0 radical (unpaired) electrons. The van der Waals surface area contributed by atoms with Crippen molar-refractivity contribution < 1.29 is 19.5 Å². The lowest BCUT2D eigenvalue weighted by atomic mass is 9.97. The molecular weight excluding hydrogens is 352 g/mol. The summed E-state index contributed by atoms with van der Waals surface area (Å²) in [5.74, 6) is 0.131. The number of carbonyl (C=O) groups excluding carboxylic acids is 1. The highest BCUT2D eigenvalue weighted by Gasteiger charge is 2.25. The van der Waals surface area contributed by atoms with Gasteiger partial charge in [-0.2, -0.15) is 0 Å². The molecule has 1 heterocycles. The minimum atomic E-state index is -0.533. The summed E-state index contributed by atoms with van der Waals surface area (Å²) in [6.45, 7) is 7.89. The number of amides is 1. The number of aryl methyl sites for hydroxylation is 1. The maximum Gasteiger partial charge on any atom is 0.219 e. The first-order valence-corrected chi connectivity index (χ1v) is 10.0. The summed E-state index contributed by atoms with van der Waals surface area (Å²) in [6.07, 6.45) is -0.726. The van der Waals surface area contributed by atoms with Crippen molar-refractivity contribution in [3.8, 4) is 0 Å². The topological polar surface area (TPSA) is 54.2 Å². The summed E-state index contributed by atoms with van der Waals surface area (Å²) in [5.41, 5.74) is 3.39. The number of piperazine rings is 1. The van der Waals surface area contributed by atoms with Gasteiger partial charge >= 0.3 is 0 Å². The van der Waals surface area contributed by atoms with E-state index in [2.05, 4.69) is 31.2 Å². The van der Waals surface area contributed by atoms with Gasteiger partial charge in [0.1, 0.15) is 18.8 Å². The van der Waals surface area contributed by atoms with Gasteiger partial charge < -0.3 is 19.6 Å². The molecule has 5 heteroatoms. The Kier molecular flexibility index (Phi) is 7.20. The fourth-order valence-electron chi connectivity index (χ4n) is 3.82. The molecule has 1 saturated heterocycles. The summed E-state index contributed by atoms with van der Waals surface area (Å²) in [6, 6.07) is 18.4. The Labute approximate surface area is 167 Å². The molecule has 0 unspecified atom stereocenters. The molecule has 3 rings (SSSR count). The van der Waals surface area contributed by atoms with Gasteiger partial charge in [0.25, 0.3) is 0 Å². The van der Waals surface area contributed by atoms with Gasteiger partial charge in [-0.3, -0.25) is 4.79 Å². The molecule has 0 bridgehead atoms. The fourth-order valence-corrected chi connectivity index (χ4v) is 3.82. The first-order chi connectivity index (χ1) is 13.5. The van der Waals surface area contributed by atoms with Crippen molar-refractivity contribution in [2.75, 3.05) is 39.3 Å². The number of hydrogen-bond acceptors (Lipinski definition) is 3. The quantitative estimate of drug-likeness (QED) is 0.756. The third-order valence-electron chi connectivity index (χ3n) is 5.47. The molecule has 2 aromatic rings. The first kappa shape index (κ1) is 20.5. The fraction of sp³-hybridized carbons (Fsp3) is 0.435. The number of aliphatic hydroxyl groups is 1. The van der Waals surface area contributed by atoms with Crippen molar-refractivity contribution in [3.63, 3.8) is 0 Å². The van der Waals surface area contributed by atoms with E-state index in [1.807, 2.05) is 35.2 Å². The highest BCUT2D eigenvalue weighted by molar-refractivity contribution is 5.73. The Morgan fingerprint density at radius 2 is 1.75 bits per heavy atom. The maximum absolute atomic E-state index is 11.4. The van der Waals surface area contributed by atoms with E-state index in [0.29, 0.717) is 6.54 Å². The average molecular weight is 384 g/mol. The van der Waals surface area contributed by atoms with Gasteiger partial charge in [-0.05, 0) is 23.6 Å². The Balaban J connectivity index is 1.59. The lowest BCUT2D eigenvalue weighted by Crippen LogP contribution is -3.15. The van der Waals surface area contributed by atoms with E-state index in [9.17, 15) is 9.90 Å². The highest BCUT2D eigenvalue weighted by atomic mass is 16.5. The molecule has 0 aliphatic carbocycles. The molecule has 150 valence electrons. The van der Waals surface area contributed by atoms with Gasteiger partial charge in [-0.25, -0.2) is 0 Å². The largest absolute Gasteiger partial charge is 0.385 e. The zero-order chi connectivity index (χ0) is 19.9. The van der Waals surface area contributed by atoms with Crippen LogP contribution in [0.4, 0.5) is 0 Å². The van der Waals surface area contributed by atoms with Crippen LogP contribution in [0.5, 0.6) is 0 Å². The third kappa shape index (κ3) is 5.41. The predicted octanol–water partition coefficient (Wildman–Crippen LogP) is 1.21. The molecule has 0 spiro atoms. The zero-order valence-corrected chi connectivity index (χ0v) is 16.8. The predicted molar refractivity (Wildman–Crippen MR) is 109 cm³/mol. The molecular formula is C23H31N2O3+. The lowest BCUT2D eigenvalue weighted by Gasteiger charge is -2.32. The molecule has 0 aromatic heterocycles. The SMILES string of the molecule is CC(=O)N1CC[NH+](C[C@H](O)CO[C@@H](c2ccccc2)c2ccccc2C)CC1. The average Bonchev–Trinajstić information content (AvgIpc) is 2.70. The van der Waals surface area contributed by atoms with Crippen molar-refractivity contribution in [2.45, 2.75) is 26.1 Å². The van der Waals surface area contributed by atoms with E-state index in [0.717, 1.165) is 37.3 Å². The highest BCUT2D eigenvalue weighted by Crippen LogP contribution is 2.28. The van der Waals surface area contributed by atoms with Crippen LogP contribution in [0.15, 0.2) is 54.6 Å². The molecule has 5 nitrogen and oxygen atoms in total. The number of carbonyl (C=O) groups is 1. The Bertz CT molecular complexity index is 757. The van der Waals surface area contributed by atoms with Crippen LogP contribution < -0.4 is 4.90 Å². The summed E-state index contributed by atoms with van der Waals surface area (Å²) in [5, 5.41) is 10.6. The van der Waals surface area contributed by atoms with E-state index in [1.165, 1.54) is 10.5 Å². The van der Waals surface area contributed by atoms with Crippen LogP contribution in [0.1, 0.15) is 29.7 Å². The molecule has 2 aromatic carbocycles. The maximum atomic E-state index is 11.4. The van der Waals surface area contributed by atoms with Crippen LogP contribution in [-0.4, -0.2) is 61.3 Å². The minimum Gasteiger partial charge on any atom is -0.385 e. The van der Waals surface area contributed by atoms with Gasteiger partial charge in [0.15, 0.2) is 0 Å². The van der Waals surface area contributed by atoms with E-state index < -0.39 is 6.10 Å². The van der Waals surface area contributed by atoms with Crippen LogP contribution in [0.3, 0.4) is 0 Å². The number of benzene rings is 2. The summed E-state index contributed by atoms with van der Waals surface area (Å²) in [7, 11) is 0. The van der Waals surface area contributed by atoms with E-state index in [-0.39, 0.29) is 18.6 Å². The van der Waals surface area contributed by atoms with E-state index in [4.69, 9.17) is 4.74 Å². The third-order valence-corrected chi connectivity index (χ3v) is 5.47. The second-order valence-corrected chi connectivity index (χ2v) is 7.59. The molecule has 1 amide bonds. The minimum absolute atomic E-state index is 0.131. The van der Waals surface area contributed by atoms with Crippen molar-refractivity contribution in [2.24, 2.45) is 0 Å². The second kappa shape index (κ2) is 9.82.